The summed E-state index contributed by atoms with van der Waals surface area (Å²) in [6, 6.07) is 1.47. The van der Waals surface area contributed by atoms with Gasteiger partial charge in [-0.05, 0) is 6.92 Å². The van der Waals surface area contributed by atoms with Gasteiger partial charge in [0, 0.05) is 12.3 Å². The topological polar surface area (TPSA) is 22.1 Å². The van der Waals surface area contributed by atoms with Crippen molar-refractivity contribution in [2.75, 3.05) is 6.61 Å². The quantitative estimate of drug-likeness (QED) is 0.619. The normalized spacial score (nSPS) is 9.40. The van der Waals surface area contributed by atoms with E-state index in [4.69, 9.17) is 4.74 Å². The second-order valence-electron chi connectivity index (χ2n) is 1.67. The molecule has 0 saturated heterocycles. The maximum atomic E-state index is 12.5. The molecule has 1 radical (unpaired) electrons. The Balaban J connectivity index is 2.81. The van der Waals surface area contributed by atoms with Crippen molar-refractivity contribution >= 4 is 0 Å². The van der Waals surface area contributed by atoms with Gasteiger partial charge in [0.2, 0.25) is 0 Å². The molecule has 0 aromatic carbocycles. The van der Waals surface area contributed by atoms with Crippen molar-refractivity contribution in [1.29, 1.82) is 0 Å². The van der Waals surface area contributed by atoms with Crippen LogP contribution in [0, 0.1) is 12.0 Å². The van der Waals surface area contributed by atoms with E-state index in [0.29, 0.717) is 6.61 Å². The number of aromatic nitrogens is 1. The Hall–Kier alpha value is -1.12. The summed E-state index contributed by atoms with van der Waals surface area (Å²) in [5, 5.41) is 0. The number of nitrogens with zero attached hydrogens (tertiary/aromatic N) is 1. The van der Waals surface area contributed by atoms with Crippen LogP contribution in [-0.2, 0) is 0 Å². The fourth-order valence-corrected chi connectivity index (χ4v) is 0.594. The van der Waals surface area contributed by atoms with E-state index in [1.54, 1.807) is 6.92 Å². The van der Waals surface area contributed by atoms with Gasteiger partial charge in [0.1, 0.15) is 6.20 Å². The molecule has 1 aromatic heterocycles. The molecule has 0 aliphatic carbocycles. The fraction of sp³-hybridized carbons (Fsp3) is 0.286. The van der Waals surface area contributed by atoms with E-state index in [1.807, 2.05) is 0 Å². The van der Waals surface area contributed by atoms with Gasteiger partial charge in [-0.3, -0.25) is 4.98 Å². The maximum Gasteiger partial charge on any atom is 0.192 e. The van der Waals surface area contributed by atoms with Gasteiger partial charge < -0.3 is 4.74 Å². The van der Waals surface area contributed by atoms with Crippen molar-refractivity contribution in [1.82, 2.24) is 4.98 Å². The second-order valence-corrected chi connectivity index (χ2v) is 1.67. The second kappa shape index (κ2) is 3.15. The van der Waals surface area contributed by atoms with Crippen molar-refractivity contribution < 1.29 is 9.13 Å². The van der Waals surface area contributed by atoms with E-state index in [1.165, 1.54) is 12.3 Å². The summed E-state index contributed by atoms with van der Waals surface area (Å²) in [6.07, 6.45) is 3.58. The summed E-state index contributed by atoms with van der Waals surface area (Å²) in [4.78, 5) is 3.45. The van der Waals surface area contributed by atoms with Gasteiger partial charge in [0.25, 0.3) is 0 Å². The molecule has 0 aliphatic rings. The zero-order valence-electron chi connectivity index (χ0n) is 5.60. The first kappa shape index (κ1) is 6.99. The van der Waals surface area contributed by atoms with Gasteiger partial charge in [-0.2, -0.15) is 0 Å². The molecule has 53 valence electrons. The highest BCUT2D eigenvalue weighted by atomic mass is 19.1. The Kier molecular flexibility index (Phi) is 2.20. The van der Waals surface area contributed by atoms with Crippen LogP contribution >= 0.6 is 0 Å². The highest BCUT2D eigenvalue weighted by molar-refractivity contribution is 5.18. The zero-order valence-corrected chi connectivity index (χ0v) is 5.60. The first-order valence-corrected chi connectivity index (χ1v) is 2.99. The van der Waals surface area contributed by atoms with E-state index >= 15 is 0 Å². The third-order valence-corrected chi connectivity index (χ3v) is 0.979. The van der Waals surface area contributed by atoms with Gasteiger partial charge in [-0.25, -0.2) is 4.39 Å². The monoisotopic (exact) mass is 140 g/mol. The summed E-state index contributed by atoms with van der Waals surface area (Å²) in [6.45, 7) is 2.24. The predicted octanol–water partition coefficient (Wildman–Crippen LogP) is 1.42. The Bertz CT molecular complexity index is 215. The Morgan fingerprint density at radius 1 is 1.80 bits per heavy atom. The van der Waals surface area contributed by atoms with Crippen LogP contribution in [0.25, 0.3) is 0 Å². The maximum absolute atomic E-state index is 12.5. The van der Waals surface area contributed by atoms with Gasteiger partial charge in [0.15, 0.2) is 11.6 Å². The van der Waals surface area contributed by atoms with Gasteiger partial charge in [-0.1, -0.05) is 0 Å². The summed E-state index contributed by atoms with van der Waals surface area (Å²) in [7, 11) is 0. The van der Waals surface area contributed by atoms with Gasteiger partial charge >= 0.3 is 0 Å². The average Bonchev–Trinajstić information content (AvgIpc) is 1.94. The molecule has 1 aromatic rings. The molecule has 10 heavy (non-hydrogen) atoms. The highest BCUT2D eigenvalue weighted by Crippen LogP contribution is 2.12. The minimum absolute atomic E-state index is 0.206. The summed E-state index contributed by atoms with van der Waals surface area (Å²) < 4.78 is 17.4. The lowest BCUT2D eigenvalue weighted by atomic mass is 10.4. The fourth-order valence-electron chi connectivity index (χ4n) is 0.594. The number of hydrogen-bond donors (Lipinski definition) is 0. The van der Waals surface area contributed by atoms with E-state index in [-0.39, 0.29) is 5.75 Å². The first-order valence-electron chi connectivity index (χ1n) is 2.99. The van der Waals surface area contributed by atoms with Crippen molar-refractivity contribution in [3.8, 4) is 5.75 Å². The van der Waals surface area contributed by atoms with Crippen LogP contribution in [0.3, 0.4) is 0 Å². The van der Waals surface area contributed by atoms with Crippen LogP contribution in [0.15, 0.2) is 12.3 Å². The van der Waals surface area contributed by atoms with E-state index < -0.39 is 5.82 Å². The molecule has 1 heterocycles. The number of pyridine rings is 1. The van der Waals surface area contributed by atoms with Crippen molar-refractivity contribution in [2.45, 2.75) is 6.92 Å². The minimum Gasteiger partial charge on any atom is -0.491 e. The molecular formula is C7H7FNO. The molecule has 0 aliphatic heterocycles. The number of hydrogen-bond acceptors (Lipinski definition) is 2. The summed E-state index contributed by atoms with van der Waals surface area (Å²) in [5.74, 6) is -0.332. The lowest BCUT2D eigenvalue weighted by Gasteiger charge is -2.00. The van der Waals surface area contributed by atoms with Crippen LogP contribution in [0.1, 0.15) is 6.92 Å². The predicted molar refractivity (Wildman–Crippen MR) is 34.2 cm³/mol. The summed E-state index contributed by atoms with van der Waals surface area (Å²) >= 11 is 0. The first-order chi connectivity index (χ1) is 4.84. The van der Waals surface area contributed by atoms with E-state index in [2.05, 4.69) is 11.2 Å². The van der Waals surface area contributed by atoms with Crippen LogP contribution in [0.4, 0.5) is 4.39 Å². The van der Waals surface area contributed by atoms with Crippen LogP contribution in [0.5, 0.6) is 5.75 Å². The number of ether oxygens (including phenoxy) is 1. The molecule has 0 N–H and O–H groups in total. The van der Waals surface area contributed by atoms with Crippen LogP contribution in [0.2, 0.25) is 0 Å². The van der Waals surface area contributed by atoms with Gasteiger partial charge in [-0.15, -0.1) is 0 Å². The lowest BCUT2D eigenvalue weighted by Crippen LogP contribution is -1.94. The Morgan fingerprint density at radius 3 is 3.20 bits per heavy atom. The molecule has 0 unspecified atom stereocenters. The molecule has 0 bridgehead atoms. The van der Waals surface area contributed by atoms with Crippen LogP contribution in [-0.4, -0.2) is 11.6 Å². The van der Waals surface area contributed by atoms with Crippen molar-refractivity contribution in [2.24, 2.45) is 0 Å². The molecule has 0 amide bonds. The SMILES string of the molecule is CCOc1ccn[c]c1F. The highest BCUT2D eigenvalue weighted by Gasteiger charge is 1.99. The lowest BCUT2D eigenvalue weighted by molar-refractivity contribution is 0.320. The van der Waals surface area contributed by atoms with Gasteiger partial charge in [0.05, 0.1) is 6.61 Å². The molecule has 2 nitrogen and oxygen atoms in total. The number of rotatable bonds is 2. The standard InChI is InChI=1S/C7H7FNO/c1-2-10-7-3-4-9-5-6(7)8/h3-4H,2H2,1H3. The largest absolute Gasteiger partial charge is 0.491 e. The zero-order chi connectivity index (χ0) is 7.40. The van der Waals surface area contributed by atoms with Crippen molar-refractivity contribution in [3.63, 3.8) is 0 Å². The average molecular weight is 140 g/mol. The van der Waals surface area contributed by atoms with Crippen LogP contribution < -0.4 is 4.74 Å². The Morgan fingerprint density at radius 2 is 2.60 bits per heavy atom. The molecule has 0 atom stereocenters. The molecular weight excluding hydrogens is 133 g/mol. The molecule has 0 saturated carbocycles. The Labute approximate surface area is 58.7 Å². The van der Waals surface area contributed by atoms with E-state index in [0.717, 1.165) is 0 Å². The molecule has 3 heteroatoms. The number of halogens is 1. The van der Waals surface area contributed by atoms with Crippen molar-refractivity contribution in [3.05, 3.63) is 24.3 Å². The third kappa shape index (κ3) is 1.43. The summed E-state index contributed by atoms with van der Waals surface area (Å²) in [5.41, 5.74) is 0. The van der Waals surface area contributed by atoms with E-state index in [9.17, 15) is 4.39 Å². The molecule has 0 spiro atoms. The minimum atomic E-state index is -0.538. The molecule has 1 rings (SSSR count). The molecule has 0 fully saturated rings. The smallest absolute Gasteiger partial charge is 0.192 e. The third-order valence-electron chi connectivity index (χ3n) is 0.979.